The second-order valence-corrected chi connectivity index (χ2v) is 8.19. The number of hydrogen-bond acceptors (Lipinski definition) is 6. The van der Waals surface area contributed by atoms with E-state index in [0.717, 1.165) is 48.0 Å². The highest BCUT2D eigenvalue weighted by atomic mass is 32.1. The third-order valence-electron chi connectivity index (χ3n) is 4.66. The van der Waals surface area contributed by atoms with Gasteiger partial charge in [-0.3, -0.25) is 0 Å². The van der Waals surface area contributed by atoms with Crippen molar-refractivity contribution >= 4 is 27.6 Å². The first kappa shape index (κ1) is 16.0. The van der Waals surface area contributed by atoms with E-state index in [1.807, 2.05) is 6.92 Å². The lowest BCUT2D eigenvalue weighted by Crippen LogP contribution is -3.13. The van der Waals surface area contributed by atoms with Crippen LogP contribution in [0.1, 0.15) is 41.4 Å². The first-order valence-electron chi connectivity index (χ1n) is 8.30. The molecule has 4 heterocycles. The van der Waals surface area contributed by atoms with Crippen LogP contribution in [0.2, 0.25) is 0 Å². The fourth-order valence-electron chi connectivity index (χ4n) is 3.36. The minimum absolute atomic E-state index is 0.0797. The minimum atomic E-state index is -0.194. The highest BCUT2D eigenvalue weighted by Crippen LogP contribution is 2.36. The average Bonchev–Trinajstić information content (AvgIpc) is 3.29. The molecule has 8 heteroatoms. The summed E-state index contributed by atoms with van der Waals surface area (Å²) in [6.07, 6.45) is 2.17. The van der Waals surface area contributed by atoms with Gasteiger partial charge in [-0.25, -0.2) is 4.98 Å². The number of thiazole rings is 1. The Balaban J connectivity index is 1.76. The third-order valence-corrected chi connectivity index (χ3v) is 6.68. The Bertz CT molecular complexity index is 819. The number of hydrogen-bond donors (Lipinski definition) is 3. The molecule has 1 atom stereocenters. The Morgan fingerprint density at radius 3 is 2.83 bits per heavy atom. The standard InChI is InChI=1S/C16H20N4O2S2/c1-2-12-17-16-20(18-12)15(22)14(24-16)13(11-4-3-9-23-11)19-7-5-10(21)6-8-19/h3-4,9-10,13,21-22H,2,5-8H2,1H3/p+1/t13-/m0/s1. The van der Waals surface area contributed by atoms with Crippen molar-refractivity contribution in [1.82, 2.24) is 14.6 Å². The molecule has 3 aromatic heterocycles. The van der Waals surface area contributed by atoms with Crippen LogP contribution in [-0.2, 0) is 6.42 Å². The van der Waals surface area contributed by atoms with Crippen LogP contribution in [-0.4, -0.2) is 44.0 Å². The molecule has 0 bridgehead atoms. The SMILES string of the molecule is CCc1nc2sc([C@H](c3cccs3)[NH+]3CCC(O)CC3)c(O)n2n1. The van der Waals surface area contributed by atoms with Crippen LogP contribution in [0.25, 0.3) is 4.96 Å². The number of aliphatic hydroxyl groups is 1. The zero-order valence-corrected chi connectivity index (χ0v) is 15.1. The van der Waals surface area contributed by atoms with Crippen molar-refractivity contribution in [3.63, 3.8) is 0 Å². The molecule has 0 unspecified atom stereocenters. The number of quaternary nitrogens is 1. The number of piperidine rings is 1. The van der Waals surface area contributed by atoms with Gasteiger partial charge in [-0.15, -0.1) is 16.4 Å². The largest absolute Gasteiger partial charge is 0.492 e. The molecular formula is C16H21N4O2S2+. The lowest BCUT2D eigenvalue weighted by Gasteiger charge is -2.32. The molecule has 0 spiro atoms. The lowest BCUT2D eigenvalue weighted by atomic mass is 10.0. The summed E-state index contributed by atoms with van der Waals surface area (Å²) in [5.74, 6) is 0.962. The molecule has 6 nitrogen and oxygen atoms in total. The molecule has 3 aromatic rings. The van der Waals surface area contributed by atoms with Crippen molar-refractivity contribution in [1.29, 1.82) is 0 Å². The molecule has 0 saturated carbocycles. The summed E-state index contributed by atoms with van der Waals surface area (Å²) < 4.78 is 1.57. The van der Waals surface area contributed by atoms with Crippen molar-refractivity contribution in [3.05, 3.63) is 33.1 Å². The molecule has 0 aromatic carbocycles. The summed E-state index contributed by atoms with van der Waals surface area (Å²) in [7, 11) is 0. The van der Waals surface area contributed by atoms with Gasteiger partial charge in [0.2, 0.25) is 10.8 Å². The summed E-state index contributed by atoms with van der Waals surface area (Å²) in [5.41, 5.74) is 0. The zero-order valence-electron chi connectivity index (χ0n) is 13.5. The Labute approximate surface area is 148 Å². The van der Waals surface area contributed by atoms with Crippen LogP contribution in [0.3, 0.4) is 0 Å². The number of nitrogens with one attached hydrogen (secondary N) is 1. The third kappa shape index (κ3) is 2.73. The second kappa shape index (κ2) is 6.44. The van der Waals surface area contributed by atoms with E-state index in [-0.39, 0.29) is 18.0 Å². The fourth-order valence-corrected chi connectivity index (χ4v) is 5.48. The van der Waals surface area contributed by atoms with Gasteiger partial charge in [-0.2, -0.15) is 4.52 Å². The number of aryl methyl sites for hydroxylation is 1. The number of nitrogens with zero attached hydrogens (tertiary/aromatic N) is 3. The van der Waals surface area contributed by atoms with E-state index in [9.17, 15) is 10.2 Å². The predicted molar refractivity (Wildman–Crippen MR) is 94.0 cm³/mol. The molecule has 0 radical (unpaired) electrons. The van der Waals surface area contributed by atoms with Gasteiger partial charge < -0.3 is 15.1 Å². The van der Waals surface area contributed by atoms with Crippen molar-refractivity contribution < 1.29 is 15.1 Å². The molecule has 1 aliphatic rings. The maximum absolute atomic E-state index is 10.8. The molecule has 1 fully saturated rings. The smallest absolute Gasteiger partial charge is 0.235 e. The van der Waals surface area contributed by atoms with Gasteiger partial charge in [0.15, 0.2) is 11.9 Å². The highest BCUT2D eigenvalue weighted by Gasteiger charge is 2.35. The minimum Gasteiger partial charge on any atom is -0.492 e. The molecule has 4 rings (SSSR count). The summed E-state index contributed by atoms with van der Waals surface area (Å²) in [6.45, 7) is 3.81. The van der Waals surface area contributed by atoms with Gasteiger partial charge in [0.1, 0.15) is 4.88 Å². The van der Waals surface area contributed by atoms with Gasteiger partial charge in [0.05, 0.1) is 24.1 Å². The Morgan fingerprint density at radius 2 is 2.21 bits per heavy atom. The van der Waals surface area contributed by atoms with Gasteiger partial charge in [0.25, 0.3) is 0 Å². The van der Waals surface area contributed by atoms with Crippen molar-refractivity contribution in [3.8, 4) is 5.88 Å². The van der Waals surface area contributed by atoms with Crippen LogP contribution < -0.4 is 4.90 Å². The molecule has 3 N–H and O–H groups in total. The fraction of sp³-hybridized carbons (Fsp3) is 0.500. The first-order chi connectivity index (χ1) is 11.7. The second-order valence-electron chi connectivity index (χ2n) is 6.20. The van der Waals surface area contributed by atoms with E-state index >= 15 is 0 Å². The van der Waals surface area contributed by atoms with E-state index in [1.165, 1.54) is 21.1 Å². The van der Waals surface area contributed by atoms with E-state index in [4.69, 9.17) is 0 Å². The summed E-state index contributed by atoms with van der Waals surface area (Å²) in [5, 5.41) is 27.1. The van der Waals surface area contributed by atoms with E-state index in [2.05, 4.69) is 27.6 Å². The van der Waals surface area contributed by atoms with Crippen molar-refractivity contribution in [2.45, 2.75) is 38.3 Å². The predicted octanol–water partition coefficient (Wildman–Crippen LogP) is 1.25. The number of rotatable bonds is 4. The van der Waals surface area contributed by atoms with E-state index in [0.29, 0.717) is 0 Å². The van der Waals surface area contributed by atoms with Crippen molar-refractivity contribution in [2.24, 2.45) is 0 Å². The normalized spacial score (nSPS) is 22.9. The number of aromatic nitrogens is 3. The van der Waals surface area contributed by atoms with Crippen LogP contribution >= 0.6 is 22.7 Å². The number of aromatic hydroxyl groups is 1. The maximum Gasteiger partial charge on any atom is 0.235 e. The lowest BCUT2D eigenvalue weighted by molar-refractivity contribution is -0.930. The summed E-state index contributed by atoms with van der Waals surface area (Å²) in [4.78, 5) is 8.78. The Kier molecular flexibility index (Phi) is 4.29. The maximum atomic E-state index is 10.8. The molecule has 1 saturated heterocycles. The summed E-state index contributed by atoms with van der Waals surface area (Å²) >= 11 is 3.23. The van der Waals surface area contributed by atoms with Crippen LogP contribution in [0.4, 0.5) is 0 Å². The monoisotopic (exact) mass is 365 g/mol. The van der Waals surface area contributed by atoms with Gasteiger partial charge in [-0.05, 0) is 11.4 Å². The molecule has 1 aliphatic heterocycles. The Morgan fingerprint density at radius 1 is 1.42 bits per heavy atom. The topological polar surface area (TPSA) is 75.1 Å². The van der Waals surface area contributed by atoms with E-state index < -0.39 is 0 Å². The molecule has 24 heavy (non-hydrogen) atoms. The number of fused-ring (bicyclic) bond motifs is 1. The first-order valence-corrected chi connectivity index (χ1v) is 10.00. The zero-order chi connectivity index (χ0) is 16.7. The van der Waals surface area contributed by atoms with Gasteiger partial charge in [0, 0.05) is 19.3 Å². The van der Waals surface area contributed by atoms with Crippen molar-refractivity contribution in [2.75, 3.05) is 13.1 Å². The van der Waals surface area contributed by atoms with Gasteiger partial charge in [-0.1, -0.05) is 24.3 Å². The molecular weight excluding hydrogens is 344 g/mol. The van der Waals surface area contributed by atoms with Gasteiger partial charge >= 0.3 is 0 Å². The molecule has 0 amide bonds. The number of thiophene rings is 1. The molecule has 128 valence electrons. The van der Waals surface area contributed by atoms with Crippen LogP contribution in [0.5, 0.6) is 5.88 Å². The Hall–Kier alpha value is -1.48. The number of likely N-dealkylation sites (tertiary alicyclic amines) is 1. The highest BCUT2D eigenvalue weighted by molar-refractivity contribution is 7.17. The van der Waals surface area contributed by atoms with Crippen LogP contribution in [0.15, 0.2) is 17.5 Å². The number of aliphatic hydroxyl groups excluding tert-OH is 1. The van der Waals surface area contributed by atoms with Crippen LogP contribution in [0, 0.1) is 0 Å². The molecule has 0 aliphatic carbocycles. The average molecular weight is 366 g/mol. The van der Waals surface area contributed by atoms with E-state index in [1.54, 1.807) is 15.9 Å². The quantitative estimate of drug-likeness (QED) is 0.650. The summed E-state index contributed by atoms with van der Waals surface area (Å²) in [6, 6.07) is 4.25.